The number of aryl methyl sites for hydroxylation is 1. The highest BCUT2D eigenvalue weighted by atomic mass is 32.2. The second-order valence-electron chi connectivity index (χ2n) is 4.80. The highest BCUT2D eigenvalue weighted by Gasteiger charge is 2.36. The molecule has 1 aliphatic heterocycles. The zero-order valence-corrected chi connectivity index (χ0v) is 14.2. The first-order valence-electron chi connectivity index (χ1n) is 6.72. The van der Waals surface area contributed by atoms with Crippen molar-refractivity contribution in [3.63, 3.8) is 0 Å². The van der Waals surface area contributed by atoms with Crippen LogP contribution < -0.4 is 14.4 Å². The van der Waals surface area contributed by atoms with Gasteiger partial charge in [-0.05, 0) is 24.6 Å². The second kappa shape index (κ2) is 6.18. The Bertz CT molecular complexity index is 702. The number of amides is 1. The summed E-state index contributed by atoms with van der Waals surface area (Å²) in [6, 6.07) is 5.75. The number of methoxy groups -OCH3 is 2. The Labute approximate surface area is 137 Å². The van der Waals surface area contributed by atoms with E-state index in [1.165, 1.54) is 11.3 Å². The van der Waals surface area contributed by atoms with Gasteiger partial charge in [-0.1, -0.05) is 6.07 Å². The molecule has 2 heterocycles. The third-order valence-corrected chi connectivity index (χ3v) is 5.50. The van der Waals surface area contributed by atoms with Gasteiger partial charge in [0.2, 0.25) is 5.91 Å². The molecule has 0 unspecified atom stereocenters. The summed E-state index contributed by atoms with van der Waals surface area (Å²) in [4.78, 5) is 19.5. The monoisotopic (exact) mass is 336 g/mol. The molecule has 22 heavy (non-hydrogen) atoms. The van der Waals surface area contributed by atoms with Crippen molar-refractivity contribution in [1.29, 1.82) is 0 Å². The van der Waals surface area contributed by atoms with E-state index in [1.54, 1.807) is 37.1 Å². The quantitative estimate of drug-likeness (QED) is 0.858. The standard InChI is InChI=1S/C15H16N2O3S2/c1-9-7-16-15(22-9)17-13(18)8-21-14(17)10-4-5-11(19-2)12(6-10)20-3/h4-7,14H,8H2,1-3H3/t14-/m0/s1. The lowest BCUT2D eigenvalue weighted by molar-refractivity contribution is -0.115. The molecular weight excluding hydrogens is 320 g/mol. The number of carbonyl (C=O) groups excluding carboxylic acids is 1. The molecule has 2 aromatic rings. The zero-order chi connectivity index (χ0) is 15.7. The molecular formula is C15H16N2O3S2. The van der Waals surface area contributed by atoms with Gasteiger partial charge in [-0.15, -0.1) is 23.1 Å². The van der Waals surface area contributed by atoms with E-state index in [0.29, 0.717) is 17.3 Å². The number of hydrogen-bond acceptors (Lipinski definition) is 6. The molecule has 0 saturated carbocycles. The van der Waals surface area contributed by atoms with Gasteiger partial charge in [0.25, 0.3) is 0 Å². The first-order valence-corrected chi connectivity index (χ1v) is 8.58. The average molecular weight is 336 g/mol. The van der Waals surface area contributed by atoms with Crippen molar-refractivity contribution in [2.75, 3.05) is 24.9 Å². The molecule has 1 saturated heterocycles. The molecule has 1 aliphatic rings. The van der Waals surface area contributed by atoms with E-state index in [2.05, 4.69) is 4.98 Å². The summed E-state index contributed by atoms with van der Waals surface area (Å²) in [5.41, 5.74) is 1.00. The lowest BCUT2D eigenvalue weighted by Gasteiger charge is -2.22. The van der Waals surface area contributed by atoms with E-state index < -0.39 is 0 Å². The average Bonchev–Trinajstić information content (AvgIpc) is 3.12. The number of benzene rings is 1. The fourth-order valence-corrected chi connectivity index (χ4v) is 4.35. The predicted octanol–water partition coefficient (Wildman–Crippen LogP) is 3.25. The van der Waals surface area contributed by atoms with Crippen molar-refractivity contribution in [3.8, 4) is 11.5 Å². The maximum absolute atomic E-state index is 12.3. The first kappa shape index (κ1) is 15.2. The van der Waals surface area contributed by atoms with Gasteiger partial charge < -0.3 is 9.47 Å². The summed E-state index contributed by atoms with van der Waals surface area (Å²) < 4.78 is 10.6. The van der Waals surface area contributed by atoms with Crippen LogP contribution in [0.25, 0.3) is 0 Å². The van der Waals surface area contributed by atoms with Crippen molar-refractivity contribution < 1.29 is 14.3 Å². The number of ether oxygens (including phenoxy) is 2. The zero-order valence-electron chi connectivity index (χ0n) is 12.5. The number of nitrogens with zero attached hydrogens (tertiary/aromatic N) is 2. The molecule has 0 bridgehead atoms. The molecule has 3 rings (SSSR count). The van der Waals surface area contributed by atoms with Gasteiger partial charge in [0.15, 0.2) is 16.6 Å². The van der Waals surface area contributed by atoms with Gasteiger partial charge in [0.05, 0.1) is 20.0 Å². The van der Waals surface area contributed by atoms with Crippen LogP contribution in [0.3, 0.4) is 0 Å². The van der Waals surface area contributed by atoms with Gasteiger partial charge in [-0.3, -0.25) is 9.69 Å². The van der Waals surface area contributed by atoms with Gasteiger partial charge in [0, 0.05) is 11.1 Å². The third kappa shape index (κ3) is 2.66. The van der Waals surface area contributed by atoms with Gasteiger partial charge in [0.1, 0.15) is 5.37 Å². The maximum atomic E-state index is 12.3. The lowest BCUT2D eigenvalue weighted by Crippen LogP contribution is -2.27. The smallest absolute Gasteiger partial charge is 0.240 e. The summed E-state index contributed by atoms with van der Waals surface area (Å²) in [5.74, 6) is 1.88. The lowest BCUT2D eigenvalue weighted by atomic mass is 10.2. The molecule has 1 fully saturated rings. The van der Waals surface area contributed by atoms with Crippen LogP contribution in [-0.2, 0) is 4.79 Å². The van der Waals surface area contributed by atoms with E-state index in [-0.39, 0.29) is 11.3 Å². The van der Waals surface area contributed by atoms with Gasteiger partial charge >= 0.3 is 0 Å². The maximum Gasteiger partial charge on any atom is 0.240 e. The van der Waals surface area contributed by atoms with E-state index in [1.807, 2.05) is 25.1 Å². The SMILES string of the molecule is COc1ccc([C@@H]2SCC(=O)N2c2ncc(C)s2)cc1OC. The van der Waals surface area contributed by atoms with Crippen LogP contribution in [0, 0.1) is 6.92 Å². The fraction of sp³-hybridized carbons (Fsp3) is 0.333. The van der Waals surface area contributed by atoms with Crippen LogP contribution in [0.5, 0.6) is 11.5 Å². The Morgan fingerprint density at radius 3 is 2.68 bits per heavy atom. The Morgan fingerprint density at radius 1 is 1.27 bits per heavy atom. The summed E-state index contributed by atoms with van der Waals surface area (Å²) in [6.45, 7) is 1.99. The van der Waals surface area contributed by atoms with Crippen molar-refractivity contribution in [2.45, 2.75) is 12.3 Å². The summed E-state index contributed by atoms with van der Waals surface area (Å²) in [6.07, 6.45) is 1.79. The molecule has 7 heteroatoms. The molecule has 1 aromatic heterocycles. The summed E-state index contributed by atoms with van der Waals surface area (Å²) in [7, 11) is 3.21. The number of hydrogen-bond donors (Lipinski definition) is 0. The van der Waals surface area contributed by atoms with E-state index in [4.69, 9.17) is 9.47 Å². The normalized spacial score (nSPS) is 17.9. The van der Waals surface area contributed by atoms with Crippen molar-refractivity contribution >= 4 is 34.1 Å². The molecule has 0 N–H and O–H groups in total. The summed E-state index contributed by atoms with van der Waals surface area (Å²) >= 11 is 3.12. The predicted molar refractivity (Wildman–Crippen MR) is 89.1 cm³/mol. The molecule has 0 aliphatic carbocycles. The summed E-state index contributed by atoms with van der Waals surface area (Å²) in [5, 5.41) is 0.658. The highest BCUT2D eigenvalue weighted by molar-refractivity contribution is 8.00. The van der Waals surface area contributed by atoms with Crippen molar-refractivity contribution in [1.82, 2.24) is 4.98 Å². The number of aromatic nitrogens is 1. The van der Waals surface area contributed by atoms with Crippen molar-refractivity contribution in [3.05, 3.63) is 34.8 Å². The third-order valence-electron chi connectivity index (χ3n) is 3.38. The highest BCUT2D eigenvalue weighted by Crippen LogP contribution is 2.44. The van der Waals surface area contributed by atoms with E-state index in [0.717, 1.165) is 15.6 Å². The van der Waals surface area contributed by atoms with Gasteiger partial charge in [-0.25, -0.2) is 4.98 Å². The van der Waals surface area contributed by atoms with E-state index >= 15 is 0 Å². The molecule has 1 aromatic carbocycles. The van der Waals surface area contributed by atoms with Crippen LogP contribution in [0.2, 0.25) is 0 Å². The fourth-order valence-electron chi connectivity index (χ4n) is 2.34. The number of rotatable bonds is 4. The molecule has 0 spiro atoms. The van der Waals surface area contributed by atoms with Crippen molar-refractivity contribution in [2.24, 2.45) is 0 Å². The number of thioether (sulfide) groups is 1. The van der Waals surface area contributed by atoms with Crippen LogP contribution >= 0.6 is 23.1 Å². The Balaban J connectivity index is 1.97. The number of thiazole rings is 1. The van der Waals surface area contributed by atoms with Crippen LogP contribution in [0.4, 0.5) is 5.13 Å². The molecule has 116 valence electrons. The Hall–Kier alpha value is -1.73. The minimum atomic E-state index is -0.0853. The molecule has 0 radical (unpaired) electrons. The number of carbonyl (C=O) groups is 1. The number of anilines is 1. The van der Waals surface area contributed by atoms with Gasteiger partial charge in [-0.2, -0.15) is 0 Å². The van der Waals surface area contributed by atoms with Crippen LogP contribution in [0.15, 0.2) is 24.4 Å². The molecule has 1 atom stereocenters. The molecule has 5 nitrogen and oxygen atoms in total. The Morgan fingerprint density at radius 2 is 2.05 bits per heavy atom. The Kier molecular flexibility index (Phi) is 4.26. The molecule has 1 amide bonds. The first-order chi connectivity index (χ1) is 10.6. The minimum Gasteiger partial charge on any atom is -0.493 e. The largest absolute Gasteiger partial charge is 0.493 e. The van der Waals surface area contributed by atoms with Crippen LogP contribution in [0.1, 0.15) is 15.8 Å². The minimum absolute atomic E-state index is 0.0825. The topological polar surface area (TPSA) is 51.7 Å². The second-order valence-corrected chi connectivity index (χ2v) is 7.08. The van der Waals surface area contributed by atoms with Crippen LogP contribution in [-0.4, -0.2) is 30.9 Å². The van der Waals surface area contributed by atoms with E-state index in [9.17, 15) is 4.79 Å².